The Morgan fingerprint density at radius 2 is 0.630 bits per heavy atom. The zero-order chi connectivity index (χ0) is 65.9. The van der Waals surface area contributed by atoms with Crippen molar-refractivity contribution in [2.75, 3.05) is 52.9 Å². The number of aliphatic hydroxyl groups is 20. The van der Waals surface area contributed by atoms with Crippen LogP contribution in [0.2, 0.25) is 0 Å². The van der Waals surface area contributed by atoms with Crippen LogP contribution in [0.1, 0.15) is 12.8 Å². The smallest absolute Gasteiger partial charge is 0.259 e. The largest absolute Gasteiger partial charge is 0.394 e. The van der Waals surface area contributed by atoms with Crippen LogP contribution in [0, 0.1) is 0 Å². The Balaban J connectivity index is 0.749. The lowest BCUT2D eigenvalue weighted by Gasteiger charge is -2.51. The van der Waals surface area contributed by atoms with Crippen molar-refractivity contribution in [3.05, 3.63) is 0 Å². The predicted octanol–water partition coefficient (Wildman–Crippen LogP) is -15.6. The predicted molar refractivity (Wildman–Crippen MR) is 271 cm³/mol. The second-order valence-electron chi connectivity index (χ2n) is 24.6. The zero-order valence-corrected chi connectivity index (χ0v) is 48.1. The summed E-state index contributed by atoms with van der Waals surface area (Å²) in [5.41, 5.74) is 0. The highest BCUT2D eigenvalue weighted by molar-refractivity contribution is 5.94. The molecular formula is C52H78O40. The quantitative estimate of drug-likeness (QED) is 0.0507. The molecule has 0 spiro atoms. The van der Waals surface area contributed by atoms with Crippen LogP contribution in [0.25, 0.3) is 0 Å². The summed E-state index contributed by atoms with van der Waals surface area (Å²) in [4.78, 5) is 29.9. The van der Waals surface area contributed by atoms with Crippen molar-refractivity contribution in [1.29, 1.82) is 0 Å². The molecule has 8 bridgehead atoms. The van der Waals surface area contributed by atoms with Gasteiger partial charge in [0.15, 0.2) is 49.3 Å². The van der Waals surface area contributed by atoms with E-state index in [0.29, 0.717) is 0 Å². The molecule has 0 aliphatic carbocycles. The maximum Gasteiger partial charge on any atom is 0.259 e. The van der Waals surface area contributed by atoms with Gasteiger partial charge < -0.3 is 187 Å². The fraction of sp³-hybridized carbons (Fsp3) is 0.962. The summed E-state index contributed by atoms with van der Waals surface area (Å²) in [7, 11) is 0. The van der Waals surface area contributed by atoms with Gasteiger partial charge in [-0.15, -0.1) is 0 Å². The minimum atomic E-state index is -3.29. The molecule has 12 fully saturated rings. The molecule has 92 heavy (non-hydrogen) atoms. The van der Waals surface area contributed by atoms with Crippen molar-refractivity contribution >= 4 is 11.6 Å². The van der Waals surface area contributed by atoms with E-state index in [0.717, 1.165) is 0 Å². The Hall–Kier alpha value is -2.18. The summed E-state index contributed by atoms with van der Waals surface area (Å²) in [5.74, 6) is -9.56. The summed E-state index contributed by atoms with van der Waals surface area (Å²) in [6.45, 7) is -5.44. The summed E-state index contributed by atoms with van der Waals surface area (Å²) < 4.78 is 104. The van der Waals surface area contributed by atoms with Gasteiger partial charge in [-0.1, -0.05) is 0 Å². The summed E-state index contributed by atoms with van der Waals surface area (Å²) in [6, 6.07) is 0. The third-order valence-corrected chi connectivity index (χ3v) is 19.0. The van der Waals surface area contributed by atoms with Crippen LogP contribution in [-0.4, -0.2) is 411 Å². The third kappa shape index (κ3) is 12.0. The van der Waals surface area contributed by atoms with E-state index in [-0.39, 0.29) is 13.2 Å². The lowest BCUT2D eigenvalue weighted by atomic mass is 9.85. The van der Waals surface area contributed by atoms with Gasteiger partial charge in [0, 0.05) is 12.8 Å². The van der Waals surface area contributed by atoms with Gasteiger partial charge in [-0.25, -0.2) is 0 Å². The Morgan fingerprint density at radius 3 is 0.967 bits per heavy atom. The first kappa shape index (κ1) is 69.7. The molecule has 12 rings (SSSR count). The Kier molecular flexibility index (Phi) is 20.8. The van der Waals surface area contributed by atoms with Crippen molar-refractivity contribution in [2.45, 2.75) is 257 Å². The first-order valence-electron chi connectivity index (χ1n) is 29.9. The number of ketones is 2. The number of hydrogen-bond acceptors (Lipinski definition) is 40. The van der Waals surface area contributed by atoms with Crippen LogP contribution in [0.5, 0.6) is 0 Å². The molecule has 0 aromatic carbocycles. The van der Waals surface area contributed by atoms with E-state index in [1.165, 1.54) is 0 Å². The molecule has 0 amide bonds. The molecule has 12 saturated heterocycles. The maximum atomic E-state index is 15.0. The molecule has 20 N–H and O–H groups in total. The summed E-state index contributed by atoms with van der Waals surface area (Å²) in [5, 5.41) is 219. The van der Waals surface area contributed by atoms with Crippen LogP contribution in [0.3, 0.4) is 0 Å². The Labute approximate surface area is 518 Å². The second-order valence-corrected chi connectivity index (χ2v) is 24.6. The summed E-state index contributed by atoms with van der Waals surface area (Å²) in [6.07, 6.45) is -69.5. The van der Waals surface area contributed by atoms with Crippen molar-refractivity contribution in [2.24, 2.45) is 0 Å². The number of ether oxygens (including phenoxy) is 18. The number of carbonyl (C=O) groups is 2. The normalized spacial score (nSPS) is 55.6. The number of aliphatic hydroxyl groups excluding tert-OH is 20. The first-order valence-corrected chi connectivity index (χ1v) is 29.9. The fourth-order valence-electron chi connectivity index (χ4n) is 13.9. The van der Waals surface area contributed by atoms with Gasteiger partial charge in [-0.2, -0.15) is 0 Å². The zero-order valence-electron chi connectivity index (χ0n) is 48.1. The number of rotatable bonds is 21. The highest BCUT2D eigenvalue weighted by atomic mass is 16.8. The van der Waals surface area contributed by atoms with Gasteiger partial charge in [0.2, 0.25) is 0 Å². The average Bonchev–Trinajstić information content (AvgIpc) is 1.21. The number of Topliss-reactive ketones (excluding diaryl/α,β-unsaturated/α-hetero) is 2. The summed E-state index contributed by atoms with van der Waals surface area (Å²) >= 11 is 0. The van der Waals surface area contributed by atoms with Crippen LogP contribution in [0.4, 0.5) is 0 Å². The molecule has 40 heteroatoms. The van der Waals surface area contributed by atoms with Crippen molar-refractivity contribution < 1.29 is 197 Å². The molecule has 12 aliphatic rings. The highest BCUT2D eigenvalue weighted by Crippen LogP contribution is 2.46. The van der Waals surface area contributed by atoms with E-state index in [9.17, 15) is 112 Å². The minimum absolute atomic E-state index is 0.148. The highest BCUT2D eigenvalue weighted by Gasteiger charge is 2.68. The number of fused-ring (bicyclic) bond motifs is 8. The van der Waals surface area contributed by atoms with E-state index < -0.39 is 309 Å². The van der Waals surface area contributed by atoms with Gasteiger partial charge in [0.05, 0.1) is 52.9 Å². The molecule has 0 unspecified atom stereocenters. The van der Waals surface area contributed by atoms with Gasteiger partial charge in [0.25, 0.3) is 11.6 Å². The molecule has 40 atom stereocenters. The lowest BCUT2D eigenvalue weighted by molar-refractivity contribution is -0.387. The van der Waals surface area contributed by atoms with Gasteiger partial charge in [-0.05, 0) is 0 Å². The molecule has 0 saturated carbocycles. The Bertz CT molecular complexity index is 2360. The van der Waals surface area contributed by atoms with E-state index in [1.54, 1.807) is 0 Å². The average molecular weight is 1340 g/mol. The van der Waals surface area contributed by atoms with Crippen molar-refractivity contribution in [3.63, 3.8) is 0 Å². The lowest BCUT2D eigenvalue weighted by Crippen LogP contribution is -2.72. The maximum absolute atomic E-state index is 15.0. The third-order valence-electron chi connectivity index (χ3n) is 19.0. The topological polar surface area (TPSA) is 605 Å². The molecule has 526 valence electrons. The fourth-order valence-corrected chi connectivity index (χ4v) is 13.9. The van der Waals surface area contributed by atoms with E-state index in [1.807, 2.05) is 0 Å². The van der Waals surface area contributed by atoms with Crippen LogP contribution < -0.4 is 0 Å². The molecule has 12 heterocycles. The van der Waals surface area contributed by atoms with E-state index in [2.05, 4.69) is 0 Å². The SMILES string of the molecule is O=C(CCC(=O)[C@]1(O[C@@H]2[C@H]3OC[C@@H]2O[C@@H](O[C@@H]2[C@@H](O)[C@H](O[C@@H]4[C@H]5OC[C@@H]4O[C@@H](O)[C@H]5O)O[C@H](CO)[C@H]2O)[C@H]3O)O[C@H](CO)[C@H](O)[C@H](O)[C@H]1O)[C@]1(O[C@@H]2[C@H]3OC[C@@H]2O[C@@H](O[C@@H]2[C@@H](O)[C@H](O[C@@H]4[C@H]5OC[C@@H]4O[C@@H](O)[C@H]5O)O[C@H](CO)[C@H]2O)[C@H]3O)O[C@H](CO)[C@H](O)[C@H](O)[C@H]1O. The monoisotopic (exact) mass is 1340 g/mol. The van der Waals surface area contributed by atoms with Gasteiger partial charge >= 0.3 is 0 Å². The molecule has 12 aliphatic heterocycles. The number of hydrogen-bond donors (Lipinski definition) is 20. The Morgan fingerprint density at radius 1 is 0.326 bits per heavy atom. The van der Waals surface area contributed by atoms with Crippen molar-refractivity contribution in [3.8, 4) is 0 Å². The van der Waals surface area contributed by atoms with Crippen LogP contribution in [-0.2, 0) is 94.9 Å². The number of carbonyl (C=O) groups excluding carboxylic acids is 2. The molecular weight excluding hydrogens is 1260 g/mol. The van der Waals surface area contributed by atoms with Crippen molar-refractivity contribution in [1.82, 2.24) is 0 Å². The minimum Gasteiger partial charge on any atom is -0.394 e. The molecule has 0 radical (unpaired) electrons. The molecule has 0 aromatic heterocycles. The van der Waals surface area contributed by atoms with Gasteiger partial charge in [0.1, 0.15) is 195 Å². The standard InChI is InChI=1S/C52H78O40/c53-3-11-23(61)37(29(67)47(81-11)85-33-15-7-75-39(33)27(65)45(73)79-15)87-49-31(69)41-35(17(83-49)9-77-41)91-51(43(71)25(63)21(59)13(5-55)89-51)19(57)1-2-20(58)52(44(72)26(64)22(60)14(6-56)90-52)92-36-18-10-78-42(36)32(70)50(84-18)88-38-24(62)12(4-54)82-48(30(38)68)86-34-16-8-76-40(34)28(66)46(74)80-16/h11-18,21-50,53-56,59-74H,1-10H2/t11-,12-,13-,14-,15+,16+,17+,18+,21+,22+,23-,24-,25+,26+,27+,28+,29-,30-,31+,32+,33+,34+,35+,36+,37+,38+,39+,40+,41+,42+,43-,44-,45-,46-,47+,48+,49+,50+,51-,52-/m1/s1. The van der Waals surface area contributed by atoms with Gasteiger partial charge in [-0.3, -0.25) is 9.59 Å². The van der Waals surface area contributed by atoms with E-state index >= 15 is 0 Å². The molecule has 40 nitrogen and oxygen atoms in total. The van der Waals surface area contributed by atoms with Crippen LogP contribution >= 0.6 is 0 Å². The molecule has 0 aromatic rings. The second kappa shape index (κ2) is 27.5. The first-order chi connectivity index (χ1) is 43.8. The van der Waals surface area contributed by atoms with E-state index in [4.69, 9.17) is 85.3 Å². The van der Waals surface area contributed by atoms with Crippen LogP contribution in [0.15, 0.2) is 0 Å².